The van der Waals surface area contributed by atoms with Gasteiger partial charge in [0.2, 0.25) is 5.91 Å². The molecule has 4 heteroatoms. The highest BCUT2D eigenvalue weighted by molar-refractivity contribution is 5.96. The van der Waals surface area contributed by atoms with Crippen LogP contribution in [0.3, 0.4) is 0 Å². The van der Waals surface area contributed by atoms with E-state index in [0.29, 0.717) is 13.0 Å². The summed E-state index contributed by atoms with van der Waals surface area (Å²) in [6, 6.07) is 16.4. The topological polar surface area (TPSA) is 38.1 Å². The predicted octanol–water partition coefficient (Wildman–Crippen LogP) is 3.66. The van der Waals surface area contributed by atoms with Crippen molar-refractivity contribution in [2.24, 2.45) is 7.05 Å². The van der Waals surface area contributed by atoms with E-state index in [1.165, 1.54) is 5.56 Å². The van der Waals surface area contributed by atoms with Crippen LogP contribution in [-0.4, -0.2) is 22.0 Å². The maximum atomic E-state index is 12.5. The zero-order valence-electron chi connectivity index (χ0n) is 14.1. The van der Waals surface area contributed by atoms with E-state index in [1.807, 2.05) is 42.3 Å². The van der Waals surface area contributed by atoms with Crippen LogP contribution in [0.25, 0.3) is 11.0 Å². The Hall–Kier alpha value is -2.62. The molecule has 1 amide bonds. The molecule has 1 aliphatic rings. The van der Waals surface area contributed by atoms with E-state index >= 15 is 0 Å². The number of benzene rings is 2. The van der Waals surface area contributed by atoms with Crippen LogP contribution < -0.4 is 4.90 Å². The molecule has 1 unspecified atom stereocenters. The van der Waals surface area contributed by atoms with Crippen molar-refractivity contribution in [2.45, 2.75) is 25.7 Å². The highest BCUT2D eigenvalue weighted by Gasteiger charge is 2.34. The van der Waals surface area contributed by atoms with Crippen LogP contribution >= 0.6 is 0 Å². The lowest BCUT2D eigenvalue weighted by Gasteiger charge is -2.17. The van der Waals surface area contributed by atoms with Crippen LogP contribution in [0.15, 0.2) is 48.5 Å². The molecule has 2 aromatic carbocycles. The van der Waals surface area contributed by atoms with Crippen molar-refractivity contribution in [1.82, 2.24) is 9.55 Å². The molecule has 0 aliphatic carbocycles. The van der Waals surface area contributed by atoms with Gasteiger partial charge in [0, 0.05) is 31.6 Å². The molecule has 1 saturated heterocycles. The van der Waals surface area contributed by atoms with E-state index in [9.17, 15) is 4.79 Å². The molecule has 1 aromatic heterocycles. The summed E-state index contributed by atoms with van der Waals surface area (Å²) in [7, 11) is 2.04. The van der Waals surface area contributed by atoms with Crippen LogP contribution in [-0.2, 0) is 18.3 Å². The van der Waals surface area contributed by atoms with Crippen molar-refractivity contribution in [2.75, 3.05) is 11.4 Å². The van der Waals surface area contributed by atoms with Gasteiger partial charge in [-0.25, -0.2) is 4.98 Å². The fraction of sp³-hybridized carbons (Fsp3) is 0.300. The summed E-state index contributed by atoms with van der Waals surface area (Å²) < 4.78 is 2.12. The number of aromatic nitrogens is 2. The first-order chi connectivity index (χ1) is 11.7. The molecule has 1 atom stereocenters. The third-order valence-electron chi connectivity index (χ3n) is 4.97. The lowest BCUT2D eigenvalue weighted by atomic mass is 10.1. The lowest BCUT2D eigenvalue weighted by molar-refractivity contribution is -0.117. The van der Waals surface area contributed by atoms with Crippen LogP contribution in [0.5, 0.6) is 0 Å². The number of para-hydroxylation sites is 2. The molecule has 3 aromatic rings. The number of anilines is 1. The SMILES string of the molecule is CCc1ccc(N2CC(c3nc4ccccc4n3C)CC2=O)cc1. The Kier molecular flexibility index (Phi) is 3.60. The van der Waals surface area contributed by atoms with E-state index < -0.39 is 0 Å². The Morgan fingerprint density at radius 1 is 1.12 bits per heavy atom. The van der Waals surface area contributed by atoms with Crippen molar-refractivity contribution in [3.8, 4) is 0 Å². The van der Waals surface area contributed by atoms with Gasteiger partial charge in [0.25, 0.3) is 0 Å². The predicted molar refractivity (Wildman–Crippen MR) is 96.2 cm³/mol. The highest BCUT2D eigenvalue weighted by Crippen LogP contribution is 2.32. The molecule has 0 spiro atoms. The Morgan fingerprint density at radius 3 is 2.58 bits per heavy atom. The van der Waals surface area contributed by atoms with Gasteiger partial charge < -0.3 is 9.47 Å². The highest BCUT2D eigenvalue weighted by atomic mass is 16.2. The van der Waals surface area contributed by atoms with Crippen molar-refractivity contribution in [3.05, 3.63) is 59.9 Å². The molecule has 0 radical (unpaired) electrons. The van der Waals surface area contributed by atoms with Gasteiger partial charge in [-0.05, 0) is 36.2 Å². The maximum absolute atomic E-state index is 12.5. The number of hydrogen-bond donors (Lipinski definition) is 0. The molecule has 1 aliphatic heterocycles. The first kappa shape index (κ1) is 14.9. The average Bonchev–Trinajstić information content (AvgIpc) is 3.16. The molecule has 2 heterocycles. The molecule has 4 rings (SSSR count). The third kappa shape index (κ3) is 2.39. The third-order valence-corrected chi connectivity index (χ3v) is 4.97. The Bertz CT molecular complexity index is 895. The summed E-state index contributed by atoms with van der Waals surface area (Å²) in [5.41, 5.74) is 4.38. The van der Waals surface area contributed by atoms with Crippen molar-refractivity contribution < 1.29 is 4.79 Å². The van der Waals surface area contributed by atoms with E-state index in [2.05, 4.69) is 29.7 Å². The molecule has 122 valence electrons. The minimum Gasteiger partial charge on any atom is -0.331 e. The molecular weight excluding hydrogens is 298 g/mol. The van der Waals surface area contributed by atoms with Gasteiger partial charge in [-0.1, -0.05) is 31.2 Å². The smallest absolute Gasteiger partial charge is 0.227 e. The average molecular weight is 319 g/mol. The molecule has 24 heavy (non-hydrogen) atoms. The largest absolute Gasteiger partial charge is 0.331 e. The molecule has 0 N–H and O–H groups in total. The number of aryl methyl sites for hydroxylation is 2. The zero-order valence-corrected chi connectivity index (χ0v) is 14.1. The molecular formula is C20H21N3O. The van der Waals surface area contributed by atoms with Crippen LogP contribution in [0.4, 0.5) is 5.69 Å². The Balaban J connectivity index is 1.64. The van der Waals surface area contributed by atoms with Gasteiger partial charge in [0.05, 0.1) is 11.0 Å². The minimum absolute atomic E-state index is 0.140. The maximum Gasteiger partial charge on any atom is 0.227 e. The van der Waals surface area contributed by atoms with Gasteiger partial charge >= 0.3 is 0 Å². The number of hydrogen-bond acceptors (Lipinski definition) is 2. The number of carbonyl (C=O) groups excluding carboxylic acids is 1. The van der Waals surface area contributed by atoms with Gasteiger partial charge in [0.15, 0.2) is 0 Å². The molecule has 4 nitrogen and oxygen atoms in total. The van der Waals surface area contributed by atoms with E-state index in [1.54, 1.807) is 0 Å². The number of rotatable bonds is 3. The summed E-state index contributed by atoms with van der Waals surface area (Å²) >= 11 is 0. The van der Waals surface area contributed by atoms with Crippen LogP contribution in [0, 0.1) is 0 Å². The number of amides is 1. The Labute approximate surface area is 141 Å². The van der Waals surface area contributed by atoms with Crippen molar-refractivity contribution in [1.29, 1.82) is 0 Å². The van der Waals surface area contributed by atoms with Crippen molar-refractivity contribution >= 4 is 22.6 Å². The van der Waals surface area contributed by atoms with Gasteiger partial charge in [-0.3, -0.25) is 4.79 Å². The second-order valence-corrected chi connectivity index (χ2v) is 6.44. The van der Waals surface area contributed by atoms with Gasteiger partial charge in [-0.2, -0.15) is 0 Å². The number of imidazole rings is 1. The first-order valence-electron chi connectivity index (χ1n) is 8.48. The van der Waals surface area contributed by atoms with Gasteiger partial charge in [-0.15, -0.1) is 0 Å². The van der Waals surface area contributed by atoms with E-state index in [0.717, 1.165) is 29.0 Å². The zero-order chi connectivity index (χ0) is 16.7. The van der Waals surface area contributed by atoms with Crippen LogP contribution in [0.1, 0.15) is 30.7 Å². The fourth-order valence-electron chi connectivity index (χ4n) is 3.57. The fourth-order valence-corrected chi connectivity index (χ4v) is 3.57. The lowest BCUT2D eigenvalue weighted by Crippen LogP contribution is -2.24. The summed E-state index contributed by atoms with van der Waals surface area (Å²) in [5.74, 6) is 1.31. The minimum atomic E-state index is 0.140. The summed E-state index contributed by atoms with van der Waals surface area (Å²) in [5, 5.41) is 0. The van der Waals surface area contributed by atoms with Gasteiger partial charge in [0.1, 0.15) is 5.82 Å². The standard InChI is InChI=1S/C20H21N3O/c1-3-14-8-10-16(11-9-14)23-13-15(12-19(23)24)20-21-17-6-4-5-7-18(17)22(20)2/h4-11,15H,3,12-13H2,1-2H3. The Morgan fingerprint density at radius 2 is 1.88 bits per heavy atom. The number of fused-ring (bicyclic) bond motifs is 1. The summed E-state index contributed by atoms with van der Waals surface area (Å²) in [4.78, 5) is 19.2. The monoisotopic (exact) mass is 319 g/mol. The normalized spacial score (nSPS) is 17.8. The summed E-state index contributed by atoms with van der Waals surface area (Å²) in [6.07, 6.45) is 1.53. The quantitative estimate of drug-likeness (QED) is 0.739. The second kappa shape index (κ2) is 5.78. The van der Waals surface area contributed by atoms with E-state index in [4.69, 9.17) is 4.98 Å². The second-order valence-electron chi connectivity index (χ2n) is 6.44. The van der Waals surface area contributed by atoms with Crippen LogP contribution in [0.2, 0.25) is 0 Å². The van der Waals surface area contributed by atoms with Crippen molar-refractivity contribution in [3.63, 3.8) is 0 Å². The summed E-state index contributed by atoms with van der Waals surface area (Å²) in [6.45, 7) is 2.83. The van der Waals surface area contributed by atoms with E-state index in [-0.39, 0.29) is 11.8 Å². The number of nitrogens with zero attached hydrogens (tertiary/aromatic N) is 3. The molecule has 0 saturated carbocycles. The molecule has 1 fully saturated rings. The molecule has 0 bridgehead atoms. The first-order valence-corrected chi connectivity index (χ1v) is 8.48. The number of carbonyl (C=O) groups is 1.